The van der Waals surface area contributed by atoms with Gasteiger partial charge in [-0.1, -0.05) is 35.6 Å². The molecule has 3 aliphatic rings. The van der Waals surface area contributed by atoms with E-state index in [1.807, 2.05) is 32.9 Å². The lowest BCUT2D eigenvalue weighted by atomic mass is 9.87. The molecule has 34 heavy (non-hydrogen) atoms. The highest BCUT2D eigenvalue weighted by molar-refractivity contribution is 8.15. The number of hydrogen-bond donors (Lipinski definition) is 1. The van der Waals surface area contributed by atoms with Gasteiger partial charge in [0.2, 0.25) is 5.91 Å². The number of ether oxygens (including phenoxy) is 3. The van der Waals surface area contributed by atoms with E-state index in [2.05, 4.69) is 18.3 Å². The Hall–Kier alpha value is -2.58. The number of esters is 1. The summed E-state index contributed by atoms with van der Waals surface area (Å²) in [5.74, 6) is 0.967. The minimum Gasteiger partial charge on any atom is -0.485 e. The number of imide groups is 1. The number of fused-ring (bicyclic) bond motifs is 1. The Morgan fingerprint density at radius 3 is 2.62 bits per heavy atom. The van der Waals surface area contributed by atoms with Crippen molar-refractivity contribution in [3.05, 3.63) is 46.1 Å². The lowest BCUT2D eigenvalue weighted by Gasteiger charge is -2.38. The second-order valence-electron chi connectivity index (χ2n) is 9.47. The number of carbonyl (C=O) groups excluding carboxylic acids is 3. The fraction of sp³-hybridized carbons (Fsp3) is 0.500. The van der Waals surface area contributed by atoms with Crippen molar-refractivity contribution in [2.75, 3.05) is 6.61 Å². The van der Waals surface area contributed by atoms with Crippen LogP contribution < -0.4 is 14.8 Å². The van der Waals surface area contributed by atoms with Gasteiger partial charge in [-0.3, -0.25) is 19.7 Å². The Kier molecular flexibility index (Phi) is 6.92. The summed E-state index contributed by atoms with van der Waals surface area (Å²) < 4.78 is 18.2. The molecular weight excluding hydrogens is 454 g/mol. The molecule has 0 spiro atoms. The average molecular weight is 486 g/mol. The molecular formula is C26H31NO6S. The number of hydrogen-bond acceptors (Lipinski definition) is 7. The molecule has 2 heterocycles. The van der Waals surface area contributed by atoms with E-state index in [-0.39, 0.29) is 28.5 Å². The van der Waals surface area contributed by atoms with Crippen molar-refractivity contribution in [3.8, 4) is 11.5 Å². The quantitative estimate of drug-likeness (QED) is 0.464. The normalized spacial score (nSPS) is 26.0. The molecule has 7 nitrogen and oxygen atoms in total. The molecule has 3 unspecified atom stereocenters. The molecule has 1 N–H and O–H groups in total. The summed E-state index contributed by atoms with van der Waals surface area (Å²) in [6.45, 7) is 9.87. The molecule has 0 aromatic heterocycles. The zero-order chi connectivity index (χ0) is 24.6. The molecule has 8 heteroatoms. The first-order valence-corrected chi connectivity index (χ1v) is 12.4. The summed E-state index contributed by atoms with van der Waals surface area (Å²) in [5, 5.41) is 1.70. The standard InChI is InChI=1S/C26H31NO6S/c1-14-15(2)23-20(16(3)22(14)32-17(4)28)10-11-26(5,33-23)13-31-19-8-6-18(7-9-19)12-21-24(29)27-25(30)34-21/h6-8,19,21H,9-13H2,1-5H3,(H,27,29,30). The summed E-state index contributed by atoms with van der Waals surface area (Å²) >= 11 is 1.05. The molecule has 0 bridgehead atoms. The topological polar surface area (TPSA) is 90.9 Å². The van der Waals surface area contributed by atoms with Gasteiger partial charge in [0.05, 0.1) is 18.0 Å². The molecule has 1 aromatic rings. The molecule has 0 radical (unpaired) electrons. The van der Waals surface area contributed by atoms with Gasteiger partial charge in [-0.25, -0.2) is 0 Å². The largest absolute Gasteiger partial charge is 0.485 e. The number of allylic oxidation sites excluding steroid dienone is 2. The first-order chi connectivity index (χ1) is 16.1. The molecule has 182 valence electrons. The van der Waals surface area contributed by atoms with Crippen molar-refractivity contribution in [2.45, 2.75) is 77.3 Å². The Balaban J connectivity index is 1.37. The number of carbonyl (C=O) groups is 3. The van der Waals surface area contributed by atoms with E-state index in [9.17, 15) is 14.4 Å². The molecule has 1 aliphatic carbocycles. The second-order valence-corrected chi connectivity index (χ2v) is 10.6. The molecule has 4 rings (SSSR count). The van der Waals surface area contributed by atoms with Crippen molar-refractivity contribution in [1.29, 1.82) is 0 Å². The van der Waals surface area contributed by atoms with Crippen molar-refractivity contribution < 1.29 is 28.6 Å². The maximum atomic E-state index is 11.8. The van der Waals surface area contributed by atoms with Crippen LogP contribution in [0.4, 0.5) is 4.79 Å². The predicted molar refractivity (Wildman–Crippen MR) is 130 cm³/mol. The van der Waals surface area contributed by atoms with Gasteiger partial charge in [-0.15, -0.1) is 0 Å². The van der Waals surface area contributed by atoms with E-state index < -0.39 is 5.60 Å². The van der Waals surface area contributed by atoms with Crippen LogP contribution in [-0.2, 0) is 20.7 Å². The summed E-state index contributed by atoms with van der Waals surface area (Å²) in [6.07, 6.45) is 8.88. The van der Waals surface area contributed by atoms with Crippen molar-refractivity contribution in [1.82, 2.24) is 5.32 Å². The van der Waals surface area contributed by atoms with Crippen LogP contribution in [-0.4, -0.2) is 40.7 Å². The number of thioether (sulfide) groups is 1. The van der Waals surface area contributed by atoms with E-state index in [1.165, 1.54) is 6.92 Å². The summed E-state index contributed by atoms with van der Waals surface area (Å²) in [4.78, 5) is 34.7. The van der Waals surface area contributed by atoms with E-state index in [1.54, 1.807) is 0 Å². The van der Waals surface area contributed by atoms with E-state index >= 15 is 0 Å². The maximum absolute atomic E-state index is 11.8. The van der Waals surface area contributed by atoms with Crippen LogP contribution in [0, 0.1) is 20.8 Å². The smallest absolute Gasteiger partial charge is 0.308 e. The van der Waals surface area contributed by atoms with E-state index in [0.717, 1.165) is 58.2 Å². The van der Waals surface area contributed by atoms with E-state index in [0.29, 0.717) is 25.2 Å². The van der Waals surface area contributed by atoms with Gasteiger partial charge >= 0.3 is 5.97 Å². The summed E-state index contributed by atoms with van der Waals surface area (Å²) in [6, 6.07) is 0. The molecule has 2 amide bonds. The maximum Gasteiger partial charge on any atom is 0.308 e. The fourth-order valence-corrected chi connectivity index (χ4v) is 5.48. The Morgan fingerprint density at radius 1 is 1.24 bits per heavy atom. The number of amides is 2. The average Bonchev–Trinajstić information content (AvgIpc) is 3.11. The van der Waals surface area contributed by atoms with E-state index in [4.69, 9.17) is 14.2 Å². The molecule has 3 atom stereocenters. The highest BCUT2D eigenvalue weighted by atomic mass is 32.2. The molecule has 1 saturated heterocycles. The van der Waals surface area contributed by atoms with Gasteiger partial charge < -0.3 is 14.2 Å². The van der Waals surface area contributed by atoms with Gasteiger partial charge in [0.1, 0.15) is 17.1 Å². The van der Waals surface area contributed by atoms with Gasteiger partial charge in [-0.05, 0) is 70.1 Å². The first kappa shape index (κ1) is 24.5. The Bertz CT molecular complexity index is 1110. The Labute approximate surface area is 204 Å². The van der Waals surface area contributed by atoms with Crippen LogP contribution in [0.3, 0.4) is 0 Å². The van der Waals surface area contributed by atoms with Crippen LogP contribution in [0.1, 0.15) is 55.4 Å². The van der Waals surface area contributed by atoms with Crippen LogP contribution in [0.25, 0.3) is 0 Å². The summed E-state index contributed by atoms with van der Waals surface area (Å²) in [7, 11) is 0. The van der Waals surface area contributed by atoms with Gasteiger partial charge in [-0.2, -0.15) is 0 Å². The van der Waals surface area contributed by atoms with Gasteiger partial charge in [0.25, 0.3) is 5.24 Å². The monoisotopic (exact) mass is 485 g/mol. The lowest BCUT2D eigenvalue weighted by Crippen LogP contribution is -2.42. The number of benzene rings is 1. The summed E-state index contributed by atoms with van der Waals surface area (Å²) in [5.41, 5.74) is 4.53. The highest BCUT2D eigenvalue weighted by Gasteiger charge is 2.36. The zero-order valence-corrected chi connectivity index (χ0v) is 21.1. The van der Waals surface area contributed by atoms with Crippen LogP contribution in [0.5, 0.6) is 11.5 Å². The number of nitrogens with one attached hydrogen (secondary N) is 1. The number of rotatable bonds is 6. The third kappa shape index (κ3) is 5.08. The minimum absolute atomic E-state index is 0.0619. The molecule has 0 saturated carbocycles. The van der Waals surface area contributed by atoms with Gasteiger partial charge in [0, 0.05) is 12.5 Å². The SMILES string of the molecule is CC(=O)Oc1c(C)c(C)c2c(c1C)CCC(C)(COC1C=CC(CC3SC(=O)NC3=O)=CC1)O2. The van der Waals surface area contributed by atoms with Crippen LogP contribution >= 0.6 is 11.8 Å². The van der Waals surface area contributed by atoms with Crippen molar-refractivity contribution >= 4 is 28.9 Å². The zero-order valence-electron chi connectivity index (χ0n) is 20.3. The fourth-order valence-electron chi connectivity index (χ4n) is 4.63. The van der Waals surface area contributed by atoms with Crippen LogP contribution in [0.2, 0.25) is 0 Å². The third-order valence-corrected chi connectivity index (χ3v) is 7.72. The highest BCUT2D eigenvalue weighted by Crippen LogP contribution is 2.44. The predicted octanol–water partition coefficient (Wildman–Crippen LogP) is 4.63. The van der Waals surface area contributed by atoms with Crippen LogP contribution in [0.15, 0.2) is 23.8 Å². The first-order valence-electron chi connectivity index (χ1n) is 11.6. The molecule has 1 aromatic carbocycles. The van der Waals surface area contributed by atoms with Crippen molar-refractivity contribution in [3.63, 3.8) is 0 Å². The lowest BCUT2D eigenvalue weighted by molar-refractivity contribution is -0.132. The third-order valence-electron chi connectivity index (χ3n) is 6.74. The Morgan fingerprint density at radius 2 is 2.00 bits per heavy atom. The van der Waals surface area contributed by atoms with Gasteiger partial charge in [0.15, 0.2) is 0 Å². The molecule has 2 aliphatic heterocycles. The second kappa shape index (κ2) is 9.58. The molecule has 1 fully saturated rings. The minimum atomic E-state index is -0.462. The van der Waals surface area contributed by atoms with Crippen molar-refractivity contribution in [2.24, 2.45) is 0 Å².